The molecule has 0 aliphatic heterocycles. The topological polar surface area (TPSA) is 34.4 Å². The molecule has 0 N–H and O–H groups in total. The third kappa shape index (κ3) is 3.15. The Morgan fingerprint density at radius 1 is 1.13 bits per heavy atom. The number of benzene rings is 2. The summed E-state index contributed by atoms with van der Waals surface area (Å²) >= 11 is 12.7. The van der Waals surface area contributed by atoms with E-state index >= 15 is 0 Å². The Morgan fingerprint density at radius 3 is 2.43 bits per heavy atom. The highest BCUT2D eigenvalue weighted by Gasteiger charge is 2.12. The summed E-state index contributed by atoms with van der Waals surface area (Å²) in [7, 11) is 1.55. The maximum Gasteiger partial charge on any atom is 0.279 e. The second-order valence-corrected chi connectivity index (χ2v) is 6.64. The van der Waals surface area contributed by atoms with Crippen molar-refractivity contribution in [2.45, 2.75) is 0 Å². The highest BCUT2D eigenvalue weighted by Crippen LogP contribution is 2.22. The first-order chi connectivity index (χ1) is 10.8. The Balaban J connectivity index is 2.16. The summed E-state index contributed by atoms with van der Waals surface area (Å²) in [5, 5.41) is 0.620. The monoisotopic (exact) mass is 372 g/mol. The number of carbonyl (C=O) groups is 1. The molecular weight excluding hydrogens is 365 g/mol. The molecule has 0 atom stereocenters. The third-order valence-corrected chi connectivity index (χ3v) is 4.64. The zero-order valence-electron chi connectivity index (χ0n) is 11.6. The van der Waals surface area contributed by atoms with Gasteiger partial charge in [0, 0.05) is 28.7 Å². The summed E-state index contributed by atoms with van der Waals surface area (Å²) < 4.78 is 28.9. The van der Waals surface area contributed by atoms with Crippen molar-refractivity contribution in [3.05, 3.63) is 62.4 Å². The molecule has 2 aromatic carbocycles. The summed E-state index contributed by atoms with van der Waals surface area (Å²) in [4.78, 5) is 16.4. The normalized spacial score (nSPS) is 12.1. The van der Waals surface area contributed by atoms with E-state index in [1.54, 1.807) is 7.05 Å². The number of hydrogen-bond donors (Lipinski definition) is 0. The van der Waals surface area contributed by atoms with Crippen molar-refractivity contribution in [1.29, 1.82) is 0 Å². The molecule has 0 aliphatic carbocycles. The molecule has 0 fully saturated rings. The number of hydrogen-bond acceptors (Lipinski definition) is 2. The number of carbonyl (C=O) groups excluding carboxylic acids is 1. The number of fused-ring (bicyclic) bond motifs is 1. The molecule has 0 spiro atoms. The van der Waals surface area contributed by atoms with Gasteiger partial charge in [0.1, 0.15) is 5.82 Å². The van der Waals surface area contributed by atoms with Crippen molar-refractivity contribution in [2.75, 3.05) is 0 Å². The lowest BCUT2D eigenvalue weighted by Crippen LogP contribution is -2.13. The van der Waals surface area contributed by atoms with Gasteiger partial charge in [-0.1, -0.05) is 34.5 Å². The Morgan fingerprint density at radius 2 is 1.78 bits per heavy atom. The highest BCUT2D eigenvalue weighted by atomic mass is 35.5. The molecule has 8 heteroatoms. The van der Waals surface area contributed by atoms with Gasteiger partial charge in [0.2, 0.25) is 0 Å². The lowest BCUT2D eigenvalue weighted by molar-refractivity contribution is 0.0998. The second kappa shape index (κ2) is 6.03. The van der Waals surface area contributed by atoms with E-state index in [4.69, 9.17) is 23.2 Å². The van der Waals surface area contributed by atoms with E-state index < -0.39 is 17.5 Å². The molecule has 1 aromatic heterocycles. The molecule has 0 saturated heterocycles. The minimum absolute atomic E-state index is 0.187. The quantitative estimate of drug-likeness (QED) is 0.616. The third-order valence-electron chi connectivity index (χ3n) is 3.12. The van der Waals surface area contributed by atoms with Crippen molar-refractivity contribution >= 4 is 50.7 Å². The molecule has 118 valence electrons. The van der Waals surface area contributed by atoms with E-state index in [1.165, 1.54) is 28.8 Å². The molecule has 3 rings (SSSR count). The number of amides is 1. The molecule has 1 heterocycles. The van der Waals surface area contributed by atoms with Gasteiger partial charge in [0.15, 0.2) is 10.6 Å². The minimum Gasteiger partial charge on any atom is -0.317 e. The van der Waals surface area contributed by atoms with Crippen LogP contribution in [0.3, 0.4) is 0 Å². The highest BCUT2D eigenvalue weighted by molar-refractivity contribution is 7.16. The summed E-state index contributed by atoms with van der Waals surface area (Å²) in [6, 6.07) is 6.36. The summed E-state index contributed by atoms with van der Waals surface area (Å²) in [6.07, 6.45) is 0. The fraction of sp³-hybridized carbons (Fsp3) is 0.0667. The van der Waals surface area contributed by atoms with Crippen LogP contribution in [0.1, 0.15) is 10.4 Å². The van der Waals surface area contributed by atoms with Crippen LogP contribution in [0.15, 0.2) is 35.3 Å². The number of thiazole rings is 1. The fourth-order valence-corrected chi connectivity index (χ4v) is 3.72. The van der Waals surface area contributed by atoms with Crippen LogP contribution in [0.2, 0.25) is 10.0 Å². The Bertz CT molecular complexity index is 990. The van der Waals surface area contributed by atoms with Crippen LogP contribution in [0, 0.1) is 11.6 Å². The molecule has 23 heavy (non-hydrogen) atoms. The zero-order valence-corrected chi connectivity index (χ0v) is 13.9. The summed E-state index contributed by atoms with van der Waals surface area (Å²) in [5.74, 6) is -1.97. The first-order valence-electron chi connectivity index (χ1n) is 6.35. The molecule has 0 aliphatic rings. The van der Waals surface area contributed by atoms with E-state index in [2.05, 4.69) is 4.99 Å². The van der Waals surface area contributed by atoms with Gasteiger partial charge in [-0.05, 0) is 24.3 Å². The maximum absolute atomic E-state index is 13.9. The molecule has 1 amide bonds. The second-order valence-electron chi connectivity index (χ2n) is 4.75. The number of nitrogens with zero attached hydrogens (tertiary/aromatic N) is 2. The number of aryl methyl sites for hydroxylation is 1. The molecule has 0 bridgehead atoms. The number of aromatic nitrogens is 1. The van der Waals surface area contributed by atoms with Crippen LogP contribution in [0.5, 0.6) is 0 Å². The van der Waals surface area contributed by atoms with Crippen LogP contribution < -0.4 is 4.80 Å². The zero-order chi connectivity index (χ0) is 16.7. The molecule has 0 saturated carbocycles. The summed E-state index contributed by atoms with van der Waals surface area (Å²) in [5.41, 5.74) is 0.402. The largest absolute Gasteiger partial charge is 0.317 e. The standard InChI is InChI=1S/C15H8Cl2F2N2OS/c1-21-13-11(19)5-10(18)6-12(13)23-15(21)20-14(22)7-2-8(16)4-9(17)3-7/h2-6H,1H3. The SMILES string of the molecule is Cn1c(=NC(=O)c2cc(Cl)cc(Cl)c2)sc2cc(F)cc(F)c21. The molecule has 0 unspecified atom stereocenters. The smallest absolute Gasteiger partial charge is 0.279 e. The van der Waals surface area contributed by atoms with Crippen molar-refractivity contribution in [3.8, 4) is 0 Å². The number of halogens is 4. The lowest BCUT2D eigenvalue weighted by Gasteiger charge is -1.99. The van der Waals surface area contributed by atoms with Crippen LogP contribution in [0.25, 0.3) is 10.2 Å². The predicted octanol–water partition coefficient (Wildman–Crippen LogP) is 4.57. The van der Waals surface area contributed by atoms with E-state index in [-0.39, 0.29) is 15.9 Å². The minimum atomic E-state index is -0.710. The van der Waals surface area contributed by atoms with Gasteiger partial charge in [-0.2, -0.15) is 4.99 Å². The van der Waals surface area contributed by atoms with Crippen molar-refractivity contribution < 1.29 is 13.6 Å². The van der Waals surface area contributed by atoms with Crippen LogP contribution in [-0.4, -0.2) is 10.5 Å². The summed E-state index contributed by atoms with van der Waals surface area (Å²) in [6.45, 7) is 0. The van der Waals surface area contributed by atoms with Crippen molar-refractivity contribution in [3.63, 3.8) is 0 Å². The average molecular weight is 373 g/mol. The van der Waals surface area contributed by atoms with E-state index in [0.717, 1.165) is 17.4 Å². The molecular formula is C15H8Cl2F2N2OS. The van der Waals surface area contributed by atoms with E-state index in [1.807, 2.05) is 0 Å². The van der Waals surface area contributed by atoms with Crippen LogP contribution in [0.4, 0.5) is 8.78 Å². The molecule has 0 radical (unpaired) electrons. The van der Waals surface area contributed by atoms with Gasteiger partial charge in [0.05, 0.1) is 10.2 Å². The first kappa shape index (κ1) is 16.1. The average Bonchev–Trinajstić information content (AvgIpc) is 2.74. The fourth-order valence-electron chi connectivity index (χ4n) is 2.13. The molecule has 3 aromatic rings. The molecule has 3 nitrogen and oxygen atoms in total. The number of rotatable bonds is 1. The van der Waals surface area contributed by atoms with Gasteiger partial charge in [0.25, 0.3) is 5.91 Å². The first-order valence-corrected chi connectivity index (χ1v) is 7.92. The van der Waals surface area contributed by atoms with Gasteiger partial charge >= 0.3 is 0 Å². The predicted molar refractivity (Wildman–Crippen MR) is 87.1 cm³/mol. The van der Waals surface area contributed by atoms with Gasteiger partial charge < -0.3 is 4.57 Å². The maximum atomic E-state index is 13.9. The van der Waals surface area contributed by atoms with E-state index in [0.29, 0.717) is 14.7 Å². The van der Waals surface area contributed by atoms with E-state index in [9.17, 15) is 13.6 Å². The van der Waals surface area contributed by atoms with Gasteiger partial charge in [-0.3, -0.25) is 4.79 Å². The Kier molecular flexibility index (Phi) is 4.23. The van der Waals surface area contributed by atoms with Gasteiger partial charge in [-0.25, -0.2) is 8.78 Å². The van der Waals surface area contributed by atoms with Crippen molar-refractivity contribution in [2.24, 2.45) is 12.0 Å². The van der Waals surface area contributed by atoms with Crippen LogP contribution in [-0.2, 0) is 7.05 Å². The Hall–Kier alpha value is -1.76. The lowest BCUT2D eigenvalue weighted by atomic mass is 10.2. The van der Waals surface area contributed by atoms with Crippen LogP contribution >= 0.6 is 34.5 Å². The van der Waals surface area contributed by atoms with Crippen molar-refractivity contribution in [1.82, 2.24) is 4.57 Å². The van der Waals surface area contributed by atoms with Gasteiger partial charge in [-0.15, -0.1) is 0 Å². The Labute approximate surface area is 143 Å².